The minimum atomic E-state index is -4.52. The Balaban J connectivity index is 1.60. The number of ether oxygens (including phenoxy) is 3. The summed E-state index contributed by atoms with van der Waals surface area (Å²) in [6, 6.07) is 9.75. The van der Waals surface area contributed by atoms with Gasteiger partial charge in [0.25, 0.3) is 5.88 Å². The molecule has 0 bridgehead atoms. The second-order valence-corrected chi connectivity index (χ2v) is 7.65. The lowest BCUT2D eigenvalue weighted by Crippen LogP contribution is -2.35. The average Bonchev–Trinajstić information content (AvgIpc) is 3.18. The molecule has 0 radical (unpaired) electrons. The molecule has 1 N–H and O–H groups in total. The number of carbonyl (C=O) groups excluding carboxylic acids is 1. The zero-order valence-corrected chi connectivity index (χ0v) is 17.7. The van der Waals surface area contributed by atoms with E-state index in [0.29, 0.717) is 32.0 Å². The molecule has 1 heterocycles. The van der Waals surface area contributed by atoms with E-state index in [-0.39, 0.29) is 18.2 Å². The fraction of sp³-hybridized carbons (Fsp3) is 0.500. The zero-order valence-electron chi connectivity index (χ0n) is 17.7. The Morgan fingerprint density at radius 1 is 1.19 bits per heavy atom. The second kappa shape index (κ2) is 10.5. The zero-order chi connectivity index (χ0) is 23.1. The lowest BCUT2D eigenvalue weighted by Gasteiger charge is -2.28. The van der Waals surface area contributed by atoms with Gasteiger partial charge in [0.2, 0.25) is 0 Å². The van der Waals surface area contributed by atoms with Crippen molar-refractivity contribution >= 4 is 11.9 Å². The number of alkyl halides is 2. The fourth-order valence-corrected chi connectivity index (χ4v) is 3.65. The Bertz CT molecular complexity index is 910. The van der Waals surface area contributed by atoms with Gasteiger partial charge in [-0.2, -0.15) is 8.78 Å². The smallest absolute Gasteiger partial charge is 0.474 e. The van der Waals surface area contributed by atoms with Crippen molar-refractivity contribution in [3.63, 3.8) is 0 Å². The van der Waals surface area contributed by atoms with Crippen LogP contribution in [0.3, 0.4) is 0 Å². The number of esters is 1. The molecule has 32 heavy (non-hydrogen) atoms. The highest BCUT2D eigenvalue weighted by molar-refractivity contribution is 5.91. The summed E-state index contributed by atoms with van der Waals surface area (Å²) in [7, 11) is 0. The number of halogens is 2. The Labute approximate surface area is 184 Å². The van der Waals surface area contributed by atoms with Gasteiger partial charge in [-0.15, -0.1) is 5.10 Å². The van der Waals surface area contributed by atoms with E-state index in [9.17, 15) is 18.4 Å². The van der Waals surface area contributed by atoms with Gasteiger partial charge in [-0.05, 0) is 44.1 Å². The van der Waals surface area contributed by atoms with Crippen LogP contribution in [0.1, 0.15) is 54.6 Å². The standard InChI is InChI=1S/C22H26F2N2O6/c1-2-31-20(27)18-12-26(25-19(18)32-22(23,24)21(28)29)17-10-8-16(9-11-17)14-30-13-15-6-4-3-5-7-15/h3-7,12,16-17H,2,8-11,13-14H2,1H3,(H,28,29). The summed E-state index contributed by atoms with van der Waals surface area (Å²) in [6.45, 7) is 2.75. The number of carboxylic acid groups (broad SMARTS) is 1. The Morgan fingerprint density at radius 3 is 2.50 bits per heavy atom. The van der Waals surface area contributed by atoms with Crippen molar-refractivity contribution in [2.24, 2.45) is 5.92 Å². The minimum Gasteiger partial charge on any atom is -0.474 e. The third kappa shape index (κ3) is 6.03. The molecular weight excluding hydrogens is 426 g/mol. The van der Waals surface area contributed by atoms with Crippen LogP contribution in [-0.2, 0) is 20.9 Å². The number of hydrogen-bond acceptors (Lipinski definition) is 6. The number of carboxylic acids is 1. The van der Waals surface area contributed by atoms with E-state index >= 15 is 0 Å². The van der Waals surface area contributed by atoms with Crippen molar-refractivity contribution < 1.29 is 37.7 Å². The van der Waals surface area contributed by atoms with Crippen molar-refractivity contribution in [3.05, 3.63) is 47.7 Å². The largest absolute Gasteiger partial charge is 0.503 e. The van der Waals surface area contributed by atoms with Crippen LogP contribution in [-0.4, -0.2) is 46.1 Å². The van der Waals surface area contributed by atoms with Crippen LogP contribution in [0.5, 0.6) is 5.88 Å². The maximum Gasteiger partial charge on any atom is 0.503 e. The van der Waals surface area contributed by atoms with Gasteiger partial charge in [-0.3, -0.25) is 4.68 Å². The molecule has 0 spiro atoms. The molecule has 1 saturated carbocycles. The monoisotopic (exact) mass is 452 g/mol. The highest BCUT2D eigenvalue weighted by Gasteiger charge is 2.44. The lowest BCUT2D eigenvalue weighted by molar-refractivity contribution is -0.212. The predicted octanol–water partition coefficient (Wildman–Crippen LogP) is 4.06. The molecule has 10 heteroatoms. The summed E-state index contributed by atoms with van der Waals surface area (Å²) in [5, 5.41) is 12.6. The molecule has 1 fully saturated rings. The molecule has 0 atom stereocenters. The van der Waals surface area contributed by atoms with E-state index in [1.807, 2.05) is 30.3 Å². The first-order valence-corrected chi connectivity index (χ1v) is 10.5. The highest BCUT2D eigenvalue weighted by Crippen LogP contribution is 2.34. The van der Waals surface area contributed by atoms with Crippen molar-refractivity contribution in [1.82, 2.24) is 9.78 Å². The maximum absolute atomic E-state index is 13.6. The molecule has 1 aromatic carbocycles. The molecule has 3 rings (SSSR count). The summed E-state index contributed by atoms with van der Waals surface area (Å²) in [4.78, 5) is 22.9. The van der Waals surface area contributed by atoms with Crippen molar-refractivity contribution in [3.8, 4) is 5.88 Å². The van der Waals surface area contributed by atoms with Crippen LogP contribution in [0.2, 0.25) is 0 Å². The first kappa shape index (κ1) is 23.6. The van der Waals surface area contributed by atoms with Crippen LogP contribution in [0.25, 0.3) is 0 Å². The summed E-state index contributed by atoms with van der Waals surface area (Å²) in [5.41, 5.74) is 0.774. The van der Waals surface area contributed by atoms with Crippen molar-refractivity contribution in [2.45, 2.75) is 51.4 Å². The first-order chi connectivity index (χ1) is 15.3. The number of carbonyl (C=O) groups is 2. The third-order valence-corrected chi connectivity index (χ3v) is 5.32. The van der Waals surface area contributed by atoms with Gasteiger partial charge in [0.05, 0.1) is 19.3 Å². The molecule has 0 aliphatic heterocycles. The van der Waals surface area contributed by atoms with Crippen LogP contribution in [0.15, 0.2) is 36.5 Å². The summed E-state index contributed by atoms with van der Waals surface area (Å²) >= 11 is 0. The van der Waals surface area contributed by atoms with Gasteiger partial charge in [0.1, 0.15) is 5.56 Å². The fourth-order valence-electron chi connectivity index (χ4n) is 3.65. The molecule has 174 valence electrons. The minimum absolute atomic E-state index is 0.0207. The van der Waals surface area contributed by atoms with E-state index in [1.54, 1.807) is 6.92 Å². The maximum atomic E-state index is 13.6. The van der Waals surface area contributed by atoms with Gasteiger partial charge in [-0.1, -0.05) is 30.3 Å². The van der Waals surface area contributed by atoms with Gasteiger partial charge < -0.3 is 19.3 Å². The SMILES string of the molecule is CCOC(=O)c1cn(C2CCC(COCc3ccccc3)CC2)nc1OC(F)(F)C(=O)O. The van der Waals surface area contributed by atoms with Crippen LogP contribution >= 0.6 is 0 Å². The quantitative estimate of drug-likeness (QED) is 0.543. The molecular formula is C22H26F2N2O6. The molecule has 0 amide bonds. The van der Waals surface area contributed by atoms with Gasteiger partial charge >= 0.3 is 18.0 Å². The molecule has 1 aliphatic carbocycles. The first-order valence-electron chi connectivity index (χ1n) is 10.5. The number of nitrogens with zero attached hydrogens (tertiary/aromatic N) is 2. The Kier molecular flexibility index (Phi) is 7.79. The normalized spacial score (nSPS) is 18.8. The van der Waals surface area contributed by atoms with E-state index in [1.165, 1.54) is 10.9 Å². The lowest BCUT2D eigenvalue weighted by atomic mass is 9.86. The number of rotatable bonds is 10. The molecule has 2 aromatic rings. The molecule has 8 nitrogen and oxygen atoms in total. The molecule has 1 aromatic heterocycles. The molecule has 0 unspecified atom stereocenters. The van der Waals surface area contributed by atoms with E-state index in [4.69, 9.17) is 14.6 Å². The number of hydrogen-bond donors (Lipinski definition) is 1. The number of aliphatic carboxylic acids is 1. The van der Waals surface area contributed by atoms with Gasteiger partial charge in [0.15, 0.2) is 0 Å². The van der Waals surface area contributed by atoms with Gasteiger partial charge in [0, 0.05) is 12.8 Å². The summed E-state index contributed by atoms with van der Waals surface area (Å²) in [6.07, 6.45) is -0.141. The predicted molar refractivity (Wildman–Crippen MR) is 108 cm³/mol. The molecule has 0 saturated heterocycles. The summed E-state index contributed by atoms with van der Waals surface area (Å²) < 4.78 is 43.5. The second-order valence-electron chi connectivity index (χ2n) is 7.65. The average molecular weight is 452 g/mol. The summed E-state index contributed by atoms with van der Waals surface area (Å²) in [5.74, 6) is -3.78. The van der Waals surface area contributed by atoms with E-state index in [2.05, 4.69) is 9.84 Å². The Morgan fingerprint density at radius 2 is 1.88 bits per heavy atom. The van der Waals surface area contributed by atoms with Crippen molar-refractivity contribution in [1.29, 1.82) is 0 Å². The van der Waals surface area contributed by atoms with Crippen LogP contribution < -0.4 is 4.74 Å². The third-order valence-electron chi connectivity index (χ3n) is 5.32. The topological polar surface area (TPSA) is 99.9 Å². The van der Waals surface area contributed by atoms with E-state index in [0.717, 1.165) is 18.4 Å². The van der Waals surface area contributed by atoms with Gasteiger partial charge in [-0.25, -0.2) is 9.59 Å². The van der Waals surface area contributed by atoms with Crippen LogP contribution in [0.4, 0.5) is 8.78 Å². The highest BCUT2D eigenvalue weighted by atomic mass is 19.3. The number of aromatic nitrogens is 2. The van der Waals surface area contributed by atoms with Crippen molar-refractivity contribution in [2.75, 3.05) is 13.2 Å². The molecule has 1 aliphatic rings. The van der Waals surface area contributed by atoms with E-state index < -0.39 is 23.9 Å². The Hall–Kier alpha value is -3.01. The van der Waals surface area contributed by atoms with Crippen LogP contribution in [0, 0.1) is 5.92 Å². The number of benzene rings is 1.